The number of carbonyl (C=O) groups excluding carboxylic acids is 2. The third kappa shape index (κ3) is 5.05. The van der Waals surface area contributed by atoms with Gasteiger partial charge in [0.1, 0.15) is 5.82 Å². The molecular formula is C24H28FN3O2. The number of nitrogens with zero attached hydrogens (tertiary/aromatic N) is 2. The highest BCUT2D eigenvalue weighted by atomic mass is 19.1. The van der Waals surface area contributed by atoms with Gasteiger partial charge in [0, 0.05) is 36.8 Å². The highest BCUT2D eigenvalue weighted by molar-refractivity contribution is 5.95. The van der Waals surface area contributed by atoms with Crippen LogP contribution >= 0.6 is 0 Å². The molecule has 2 fully saturated rings. The van der Waals surface area contributed by atoms with E-state index in [0.29, 0.717) is 31.5 Å². The van der Waals surface area contributed by atoms with Crippen molar-refractivity contribution in [3.63, 3.8) is 0 Å². The fourth-order valence-corrected chi connectivity index (χ4v) is 4.28. The molecule has 0 spiro atoms. The van der Waals surface area contributed by atoms with Gasteiger partial charge in [0.05, 0.1) is 0 Å². The van der Waals surface area contributed by atoms with Crippen LogP contribution in [0.1, 0.15) is 52.0 Å². The Morgan fingerprint density at radius 2 is 1.63 bits per heavy atom. The van der Waals surface area contributed by atoms with Crippen molar-refractivity contribution in [1.29, 1.82) is 0 Å². The lowest BCUT2D eigenvalue weighted by Crippen LogP contribution is -2.46. The maximum Gasteiger partial charge on any atom is 0.253 e. The smallest absolute Gasteiger partial charge is 0.253 e. The molecule has 6 heteroatoms. The largest absolute Gasteiger partial charge is 0.349 e. The van der Waals surface area contributed by atoms with Crippen molar-refractivity contribution >= 4 is 11.8 Å². The van der Waals surface area contributed by atoms with Crippen LogP contribution in [-0.2, 0) is 6.54 Å². The van der Waals surface area contributed by atoms with E-state index >= 15 is 0 Å². The lowest BCUT2D eigenvalue weighted by Gasteiger charge is -2.32. The summed E-state index contributed by atoms with van der Waals surface area (Å²) >= 11 is 0. The summed E-state index contributed by atoms with van der Waals surface area (Å²) in [5.41, 5.74) is 2.37. The minimum absolute atomic E-state index is 0.0214. The Morgan fingerprint density at radius 1 is 0.933 bits per heavy atom. The second-order valence-electron chi connectivity index (χ2n) is 8.23. The van der Waals surface area contributed by atoms with E-state index in [9.17, 15) is 14.0 Å². The van der Waals surface area contributed by atoms with Gasteiger partial charge in [0.15, 0.2) is 0 Å². The summed E-state index contributed by atoms with van der Waals surface area (Å²) in [5, 5.41) is 3.00. The van der Waals surface area contributed by atoms with Crippen molar-refractivity contribution in [2.75, 3.05) is 26.2 Å². The lowest BCUT2D eigenvalue weighted by molar-refractivity contribution is 0.0698. The molecule has 2 aromatic rings. The van der Waals surface area contributed by atoms with Gasteiger partial charge in [0.25, 0.3) is 11.8 Å². The fourth-order valence-electron chi connectivity index (χ4n) is 4.28. The normalized spacial score (nSPS) is 17.8. The van der Waals surface area contributed by atoms with Crippen molar-refractivity contribution in [3.8, 4) is 0 Å². The number of likely N-dealkylation sites (tertiary alicyclic amines) is 2. The summed E-state index contributed by atoms with van der Waals surface area (Å²) in [4.78, 5) is 29.6. The third-order valence-electron chi connectivity index (χ3n) is 6.00. The third-order valence-corrected chi connectivity index (χ3v) is 6.00. The van der Waals surface area contributed by atoms with Crippen molar-refractivity contribution in [3.05, 3.63) is 71.0 Å². The Balaban J connectivity index is 1.30. The van der Waals surface area contributed by atoms with Gasteiger partial charge >= 0.3 is 0 Å². The van der Waals surface area contributed by atoms with Crippen LogP contribution in [0.15, 0.2) is 48.5 Å². The molecule has 0 aliphatic carbocycles. The SMILES string of the molecule is O=C(NC1CCN(C(=O)c2cccc(CN3CCCC3)c2)CC1)c1ccc(F)cc1. The van der Waals surface area contributed by atoms with Crippen molar-refractivity contribution < 1.29 is 14.0 Å². The molecule has 0 atom stereocenters. The molecule has 0 saturated carbocycles. The Hall–Kier alpha value is -2.73. The van der Waals surface area contributed by atoms with Crippen LogP contribution in [0.5, 0.6) is 0 Å². The molecule has 2 heterocycles. The predicted molar refractivity (Wildman–Crippen MR) is 114 cm³/mol. The number of carbonyl (C=O) groups is 2. The average molecular weight is 410 g/mol. The number of rotatable bonds is 5. The maximum absolute atomic E-state index is 13.0. The van der Waals surface area contributed by atoms with Gasteiger partial charge in [-0.1, -0.05) is 12.1 Å². The molecule has 4 rings (SSSR count). The van der Waals surface area contributed by atoms with Crippen molar-refractivity contribution in [2.45, 2.75) is 38.3 Å². The molecule has 2 aliphatic rings. The molecular weight excluding hydrogens is 381 g/mol. The maximum atomic E-state index is 13.0. The summed E-state index contributed by atoms with van der Waals surface area (Å²) in [6, 6.07) is 13.5. The summed E-state index contributed by atoms with van der Waals surface area (Å²) in [6.45, 7) is 4.40. The molecule has 0 radical (unpaired) electrons. The van der Waals surface area contributed by atoms with Gasteiger partial charge in [-0.05, 0) is 80.7 Å². The zero-order valence-electron chi connectivity index (χ0n) is 17.1. The molecule has 0 bridgehead atoms. The van der Waals surface area contributed by atoms with E-state index in [-0.39, 0.29) is 23.7 Å². The van der Waals surface area contributed by atoms with Gasteiger partial charge in [-0.3, -0.25) is 14.5 Å². The quantitative estimate of drug-likeness (QED) is 0.823. The summed E-state index contributed by atoms with van der Waals surface area (Å²) < 4.78 is 13.0. The number of hydrogen-bond donors (Lipinski definition) is 1. The number of halogens is 1. The molecule has 1 N–H and O–H groups in total. The monoisotopic (exact) mass is 409 g/mol. The van der Waals surface area contributed by atoms with Crippen LogP contribution < -0.4 is 5.32 Å². The van der Waals surface area contributed by atoms with Crippen LogP contribution in [0.3, 0.4) is 0 Å². The van der Waals surface area contributed by atoms with E-state index in [0.717, 1.165) is 25.2 Å². The number of piperidine rings is 1. The number of amides is 2. The first-order valence-corrected chi connectivity index (χ1v) is 10.8. The van der Waals surface area contributed by atoms with Crippen LogP contribution in [0, 0.1) is 5.82 Å². The first-order valence-electron chi connectivity index (χ1n) is 10.8. The molecule has 30 heavy (non-hydrogen) atoms. The number of nitrogens with one attached hydrogen (secondary N) is 1. The lowest BCUT2D eigenvalue weighted by atomic mass is 10.0. The minimum Gasteiger partial charge on any atom is -0.349 e. The highest BCUT2D eigenvalue weighted by Gasteiger charge is 2.25. The van der Waals surface area contributed by atoms with E-state index < -0.39 is 0 Å². The average Bonchev–Trinajstić information content (AvgIpc) is 3.27. The van der Waals surface area contributed by atoms with Gasteiger partial charge in [-0.15, -0.1) is 0 Å². The van der Waals surface area contributed by atoms with E-state index in [4.69, 9.17) is 0 Å². The summed E-state index contributed by atoms with van der Waals surface area (Å²) in [7, 11) is 0. The fraction of sp³-hybridized carbons (Fsp3) is 0.417. The van der Waals surface area contributed by atoms with E-state index in [1.54, 1.807) is 0 Å². The van der Waals surface area contributed by atoms with Crippen LogP contribution in [0.4, 0.5) is 4.39 Å². The van der Waals surface area contributed by atoms with Crippen molar-refractivity contribution in [1.82, 2.24) is 15.1 Å². The zero-order chi connectivity index (χ0) is 20.9. The minimum atomic E-state index is -0.358. The van der Waals surface area contributed by atoms with Gasteiger partial charge < -0.3 is 10.2 Å². The van der Waals surface area contributed by atoms with Crippen LogP contribution in [0.25, 0.3) is 0 Å². The first-order chi connectivity index (χ1) is 14.6. The van der Waals surface area contributed by atoms with Crippen LogP contribution in [0.2, 0.25) is 0 Å². The van der Waals surface area contributed by atoms with Crippen molar-refractivity contribution in [2.24, 2.45) is 0 Å². The Bertz CT molecular complexity index is 886. The molecule has 5 nitrogen and oxygen atoms in total. The van der Waals surface area contributed by atoms with E-state index in [1.807, 2.05) is 23.1 Å². The van der Waals surface area contributed by atoms with E-state index in [1.165, 1.54) is 42.7 Å². The van der Waals surface area contributed by atoms with Gasteiger partial charge in [-0.25, -0.2) is 4.39 Å². The molecule has 2 amide bonds. The first kappa shape index (κ1) is 20.5. The summed E-state index contributed by atoms with van der Waals surface area (Å²) in [5.74, 6) is -0.501. The Kier molecular flexibility index (Phi) is 6.43. The standard InChI is InChI=1S/C24H28FN3O2/c25-21-8-6-19(7-9-21)23(29)26-22-10-14-28(15-11-22)24(30)20-5-3-4-18(16-20)17-27-12-1-2-13-27/h3-9,16,22H,1-2,10-15,17H2,(H,26,29). The topological polar surface area (TPSA) is 52.7 Å². The Labute approximate surface area is 176 Å². The molecule has 2 aliphatic heterocycles. The second-order valence-corrected chi connectivity index (χ2v) is 8.23. The van der Waals surface area contributed by atoms with Crippen LogP contribution in [-0.4, -0.2) is 53.8 Å². The zero-order valence-corrected chi connectivity index (χ0v) is 17.1. The Morgan fingerprint density at radius 3 is 2.33 bits per heavy atom. The number of hydrogen-bond acceptors (Lipinski definition) is 3. The van der Waals surface area contributed by atoms with E-state index in [2.05, 4.69) is 16.3 Å². The van der Waals surface area contributed by atoms with Gasteiger partial charge in [-0.2, -0.15) is 0 Å². The van der Waals surface area contributed by atoms with Gasteiger partial charge in [0.2, 0.25) is 0 Å². The molecule has 2 saturated heterocycles. The molecule has 2 aromatic carbocycles. The second kappa shape index (κ2) is 9.39. The molecule has 158 valence electrons. The molecule has 0 unspecified atom stereocenters. The number of benzene rings is 2. The molecule has 0 aromatic heterocycles. The summed E-state index contributed by atoms with van der Waals surface area (Å²) in [6.07, 6.45) is 3.94. The highest BCUT2D eigenvalue weighted by Crippen LogP contribution is 2.18. The predicted octanol–water partition coefficient (Wildman–Crippen LogP) is 3.46.